The second kappa shape index (κ2) is 16.2. The van der Waals surface area contributed by atoms with Crippen molar-refractivity contribution in [3.63, 3.8) is 0 Å². The highest BCUT2D eigenvalue weighted by Gasteiger charge is 2.48. The van der Waals surface area contributed by atoms with Crippen LogP contribution in [0.2, 0.25) is 0 Å². The van der Waals surface area contributed by atoms with Crippen LogP contribution in [0.5, 0.6) is 5.75 Å². The summed E-state index contributed by atoms with van der Waals surface area (Å²) >= 11 is 1.59. The van der Waals surface area contributed by atoms with Crippen LogP contribution in [0.4, 0.5) is 0 Å². The summed E-state index contributed by atoms with van der Waals surface area (Å²) in [5.74, 6) is 0.798. The molecule has 46 heavy (non-hydrogen) atoms. The van der Waals surface area contributed by atoms with Crippen molar-refractivity contribution in [2.45, 2.75) is 111 Å². The van der Waals surface area contributed by atoms with Crippen LogP contribution in [-0.4, -0.2) is 53.0 Å². The number of hydrogen-bond donors (Lipinski definition) is 3. The Labute approximate surface area is 280 Å². The first kappa shape index (κ1) is 35.9. The summed E-state index contributed by atoms with van der Waals surface area (Å²) in [5.41, 5.74) is 22.8. The van der Waals surface area contributed by atoms with Gasteiger partial charge in [-0.25, -0.2) is 0 Å². The maximum absolute atomic E-state index is 14.3. The molecule has 0 aliphatic carbocycles. The number of amides is 2. The average Bonchev–Trinajstić information content (AvgIpc) is 3.69. The van der Waals surface area contributed by atoms with Gasteiger partial charge in [0, 0.05) is 35.7 Å². The fourth-order valence-electron chi connectivity index (χ4n) is 6.79. The van der Waals surface area contributed by atoms with E-state index < -0.39 is 0 Å². The molecule has 2 aliphatic rings. The van der Waals surface area contributed by atoms with Crippen LogP contribution in [0, 0.1) is 11.8 Å². The molecule has 5 unspecified atom stereocenters. The lowest BCUT2D eigenvalue weighted by Gasteiger charge is -2.31. The van der Waals surface area contributed by atoms with Crippen molar-refractivity contribution in [2.75, 3.05) is 13.1 Å². The summed E-state index contributed by atoms with van der Waals surface area (Å²) in [6.07, 6.45) is 6.93. The number of rotatable bonds is 18. The van der Waals surface area contributed by atoms with Gasteiger partial charge in [0.15, 0.2) is 0 Å². The summed E-state index contributed by atoms with van der Waals surface area (Å²) < 4.78 is 5.85. The highest BCUT2D eigenvalue weighted by molar-refractivity contribution is 7.16. The number of hydrogen-bond acceptors (Lipinski definition) is 7. The van der Waals surface area contributed by atoms with E-state index in [9.17, 15) is 9.59 Å². The van der Waals surface area contributed by atoms with Gasteiger partial charge >= 0.3 is 0 Å². The Balaban J connectivity index is 1.72. The standard InChI is InChI=1S/C37H55N5O3S/c1-7-12-28(38)24(10-4)21-41-23(6)33-34(37(41)44)35(42(36(33)43)22-25(11-5)29(39)13-8-2)31-20-19-30(46-31)26-15-17-27(18-16-26)45-32(40)14-9-3/h15-20,24-25,28-29,32H,7-14,21-22,38-40H2,1-6H3. The number of fused-ring (bicyclic) bond motifs is 1. The monoisotopic (exact) mass is 649 g/mol. The fraction of sp³-hybridized carbons (Fsp3) is 0.568. The molecular weight excluding hydrogens is 595 g/mol. The van der Waals surface area contributed by atoms with E-state index in [0.29, 0.717) is 29.9 Å². The maximum Gasteiger partial charge on any atom is 0.261 e. The second-order valence-corrected chi connectivity index (χ2v) is 14.0. The van der Waals surface area contributed by atoms with E-state index in [4.69, 9.17) is 21.9 Å². The Morgan fingerprint density at radius 3 is 1.76 bits per heavy atom. The van der Waals surface area contributed by atoms with Crippen molar-refractivity contribution in [2.24, 2.45) is 29.0 Å². The second-order valence-electron chi connectivity index (χ2n) is 12.9. The summed E-state index contributed by atoms with van der Waals surface area (Å²) in [6.45, 7) is 13.5. The molecule has 0 bridgehead atoms. The summed E-state index contributed by atoms with van der Waals surface area (Å²) in [5, 5.41) is 0. The van der Waals surface area contributed by atoms with E-state index >= 15 is 0 Å². The third kappa shape index (κ3) is 7.59. The van der Waals surface area contributed by atoms with Gasteiger partial charge in [-0.15, -0.1) is 11.3 Å². The predicted molar refractivity (Wildman–Crippen MR) is 190 cm³/mol. The zero-order chi connectivity index (χ0) is 33.5. The summed E-state index contributed by atoms with van der Waals surface area (Å²) in [7, 11) is 0. The van der Waals surface area contributed by atoms with Crippen molar-refractivity contribution in [1.82, 2.24) is 9.80 Å². The van der Waals surface area contributed by atoms with Crippen LogP contribution >= 0.6 is 11.3 Å². The van der Waals surface area contributed by atoms with Crippen LogP contribution in [0.1, 0.15) is 97.8 Å². The number of nitrogens with zero attached hydrogens (tertiary/aromatic N) is 2. The number of allylic oxidation sites excluding steroid dienone is 1. The molecule has 0 fully saturated rings. The molecule has 6 N–H and O–H groups in total. The van der Waals surface area contributed by atoms with Gasteiger partial charge < -0.3 is 26.0 Å². The number of ether oxygens (including phenoxy) is 1. The number of carbonyl (C=O) groups excluding carboxylic acids is 2. The minimum absolute atomic E-state index is 0.00563. The Hall–Kier alpha value is -2.98. The molecule has 0 saturated carbocycles. The largest absolute Gasteiger partial charge is 0.476 e. The van der Waals surface area contributed by atoms with Crippen LogP contribution in [0.3, 0.4) is 0 Å². The molecule has 2 aromatic rings. The normalized spacial score (nSPS) is 18.4. The van der Waals surface area contributed by atoms with E-state index in [1.165, 1.54) is 0 Å². The number of nitrogens with two attached hydrogens (primary N) is 3. The van der Waals surface area contributed by atoms with Gasteiger partial charge in [-0.1, -0.05) is 66.7 Å². The summed E-state index contributed by atoms with van der Waals surface area (Å²) in [6, 6.07) is 12.0. The van der Waals surface area contributed by atoms with Gasteiger partial charge in [0.25, 0.3) is 11.8 Å². The van der Waals surface area contributed by atoms with Gasteiger partial charge in [-0.05, 0) is 80.0 Å². The highest BCUT2D eigenvalue weighted by atomic mass is 32.1. The minimum atomic E-state index is -0.329. The Bertz CT molecular complexity index is 1410. The Morgan fingerprint density at radius 1 is 0.696 bits per heavy atom. The molecule has 0 spiro atoms. The maximum atomic E-state index is 14.3. The zero-order valence-electron chi connectivity index (χ0n) is 28.7. The molecule has 0 radical (unpaired) electrons. The van der Waals surface area contributed by atoms with E-state index in [1.54, 1.807) is 16.2 Å². The van der Waals surface area contributed by atoms with Gasteiger partial charge in [0.1, 0.15) is 12.0 Å². The summed E-state index contributed by atoms with van der Waals surface area (Å²) in [4.78, 5) is 34.2. The van der Waals surface area contributed by atoms with Gasteiger partial charge in [-0.3, -0.25) is 15.3 Å². The average molecular weight is 650 g/mol. The van der Waals surface area contributed by atoms with Crippen LogP contribution in [0.25, 0.3) is 16.1 Å². The van der Waals surface area contributed by atoms with Gasteiger partial charge in [0.05, 0.1) is 21.7 Å². The smallest absolute Gasteiger partial charge is 0.261 e. The Morgan fingerprint density at radius 2 is 1.22 bits per heavy atom. The first-order valence-electron chi connectivity index (χ1n) is 17.3. The lowest BCUT2D eigenvalue weighted by atomic mass is 9.93. The first-order valence-corrected chi connectivity index (χ1v) is 18.1. The zero-order valence-corrected chi connectivity index (χ0v) is 29.5. The molecule has 4 rings (SSSR count). The molecule has 8 nitrogen and oxygen atoms in total. The van der Waals surface area contributed by atoms with Crippen molar-refractivity contribution in [3.8, 4) is 16.2 Å². The highest BCUT2D eigenvalue weighted by Crippen LogP contribution is 2.47. The topological polar surface area (TPSA) is 128 Å². The molecule has 1 aromatic carbocycles. The SMILES string of the molecule is CCCC(N)Oc1ccc(-c2ccc(C3=C4C(=O)N(CC(CC)C(N)CCC)C(C)=C4C(=O)N3CC(CC)C(N)CCC)s2)cc1. The van der Waals surface area contributed by atoms with E-state index in [0.717, 1.165) is 78.1 Å². The molecular formula is C37H55N5O3S. The molecule has 5 atom stereocenters. The van der Waals surface area contributed by atoms with Crippen molar-refractivity contribution >= 4 is 28.8 Å². The lowest BCUT2D eigenvalue weighted by molar-refractivity contribution is -0.125. The van der Waals surface area contributed by atoms with Crippen LogP contribution in [0.15, 0.2) is 53.2 Å². The molecule has 2 amide bonds. The van der Waals surface area contributed by atoms with Gasteiger partial charge in [0.2, 0.25) is 0 Å². The Kier molecular flexibility index (Phi) is 12.6. The molecule has 2 aliphatic heterocycles. The number of carbonyl (C=O) groups is 2. The predicted octanol–water partition coefficient (Wildman–Crippen LogP) is 6.86. The number of benzene rings is 1. The van der Waals surface area contributed by atoms with Crippen LogP contribution < -0.4 is 21.9 Å². The van der Waals surface area contributed by atoms with E-state index in [-0.39, 0.29) is 42.0 Å². The van der Waals surface area contributed by atoms with Crippen molar-refractivity contribution in [1.29, 1.82) is 0 Å². The molecule has 252 valence electrons. The minimum Gasteiger partial charge on any atom is -0.476 e. The fourth-order valence-corrected chi connectivity index (χ4v) is 7.86. The first-order chi connectivity index (χ1) is 22.1. The lowest BCUT2D eigenvalue weighted by Crippen LogP contribution is -2.41. The third-order valence-electron chi connectivity index (χ3n) is 9.62. The van der Waals surface area contributed by atoms with Gasteiger partial charge in [-0.2, -0.15) is 0 Å². The molecule has 1 aromatic heterocycles. The molecule has 0 saturated heterocycles. The van der Waals surface area contributed by atoms with Crippen molar-refractivity contribution in [3.05, 3.63) is 58.1 Å². The van der Waals surface area contributed by atoms with Crippen LogP contribution in [-0.2, 0) is 9.59 Å². The molecule has 3 heterocycles. The van der Waals surface area contributed by atoms with Crippen molar-refractivity contribution < 1.29 is 14.3 Å². The third-order valence-corrected chi connectivity index (χ3v) is 10.8. The van der Waals surface area contributed by atoms with E-state index in [2.05, 4.69) is 40.7 Å². The quantitative estimate of drug-likeness (QED) is 0.152. The number of thiophene rings is 1. The van der Waals surface area contributed by atoms with E-state index in [1.807, 2.05) is 42.2 Å². The molecule has 9 heteroatoms.